The van der Waals surface area contributed by atoms with Crippen molar-refractivity contribution in [3.63, 3.8) is 0 Å². The topological polar surface area (TPSA) is 46.6 Å². The van der Waals surface area contributed by atoms with Crippen molar-refractivity contribution in [3.05, 3.63) is 70.7 Å². The Morgan fingerprint density at radius 1 is 1.11 bits per heavy atom. The third kappa shape index (κ3) is 5.21. The molecule has 3 rings (SSSR count). The fourth-order valence-corrected chi connectivity index (χ4v) is 4.08. The number of esters is 1. The van der Waals surface area contributed by atoms with Crippen LogP contribution in [0.25, 0.3) is 0 Å². The summed E-state index contributed by atoms with van der Waals surface area (Å²) in [5.74, 6) is -0.0807. The van der Waals surface area contributed by atoms with E-state index in [-0.39, 0.29) is 23.6 Å². The quantitative estimate of drug-likeness (QED) is 0.505. The number of likely N-dealkylation sites (tertiary alicyclic amines) is 1. The average molecular weight is 400 g/mol. The second-order valence-electron chi connectivity index (χ2n) is 7.27. The monoisotopic (exact) mass is 399 g/mol. The number of halogens is 1. The van der Waals surface area contributed by atoms with E-state index in [0.29, 0.717) is 18.0 Å². The normalized spacial score (nSPS) is 19.9. The van der Waals surface area contributed by atoms with Crippen molar-refractivity contribution in [2.45, 2.75) is 25.2 Å². The summed E-state index contributed by atoms with van der Waals surface area (Å²) in [6.45, 7) is 2.36. The number of nitrogens with zero attached hydrogens (tertiary/aromatic N) is 1. The second-order valence-corrected chi connectivity index (χ2v) is 7.71. The Morgan fingerprint density at radius 3 is 2.50 bits per heavy atom. The van der Waals surface area contributed by atoms with Gasteiger partial charge in [-0.25, -0.2) is 0 Å². The summed E-state index contributed by atoms with van der Waals surface area (Å²) in [7, 11) is 1.44. The predicted octanol–water partition coefficient (Wildman–Crippen LogP) is 4.58. The van der Waals surface area contributed by atoms with Crippen LogP contribution < -0.4 is 0 Å². The minimum absolute atomic E-state index is 0.131. The molecule has 1 heterocycles. The van der Waals surface area contributed by atoms with Crippen molar-refractivity contribution in [2.75, 3.05) is 26.7 Å². The van der Waals surface area contributed by atoms with E-state index in [0.717, 1.165) is 37.1 Å². The fourth-order valence-electron chi connectivity index (χ4n) is 3.95. The fraction of sp³-hybridized carbons (Fsp3) is 0.391. The van der Waals surface area contributed by atoms with E-state index in [1.54, 1.807) is 0 Å². The third-order valence-corrected chi connectivity index (χ3v) is 5.72. The molecule has 0 spiro atoms. The molecular weight excluding hydrogens is 374 g/mol. The molecule has 0 aromatic heterocycles. The first kappa shape index (κ1) is 20.6. The zero-order chi connectivity index (χ0) is 19.9. The summed E-state index contributed by atoms with van der Waals surface area (Å²) in [4.78, 5) is 26.9. The Hall–Kier alpha value is -2.17. The SMILES string of the molecule is COC(=O)C1CN(CCCC(=O)c2ccccc2)CCC1c1ccc(Cl)cc1. The van der Waals surface area contributed by atoms with Crippen LogP contribution in [0.15, 0.2) is 54.6 Å². The van der Waals surface area contributed by atoms with Crippen LogP contribution in [0.3, 0.4) is 0 Å². The molecule has 5 heteroatoms. The number of Topliss-reactive ketones (excluding diaryl/α,β-unsaturated/α-hetero) is 1. The lowest BCUT2D eigenvalue weighted by Crippen LogP contribution is -2.43. The van der Waals surface area contributed by atoms with Gasteiger partial charge in [-0.15, -0.1) is 0 Å². The molecule has 0 bridgehead atoms. The number of piperidine rings is 1. The highest BCUT2D eigenvalue weighted by molar-refractivity contribution is 6.30. The van der Waals surface area contributed by atoms with Crippen molar-refractivity contribution in [2.24, 2.45) is 5.92 Å². The maximum atomic E-state index is 12.4. The van der Waals surface area contributed by atoms with Gasteiger partial charge in [0.05, 0.1) is 13.0 Å². The van der Waals surface area contributed by atoms with Crippen LogP contribution in [0.1, 0.15) is 41.1 Å². The van der Waals surface area contributed by atoms with E-state index < -0.39 is 0 Å². The highest BCUT2D eigenvalue weighted by Gasteiger charge is 2.35. The lowest BCUT2D eigenvalue weighted by molar-refractivity contribution is -0.148. The van der Waals surface area contributed by atoms with E-state index in [4.69, 9.17) is 16.3 Å². The number of hydrogen-bond donors (Lipinski definition) is 0. The van der Waals surface area contributed by atoms with Gasteiger partial charge in [0.1, 0.15) is 0 Å². The molecular formula is C23H26ClNO3. The molecule has 0 aliphatic carbocycles. The maximum absolute atomic E-state index is 12.4. The summed E-state index contributed by atoms with van der Waals surface area (Å²) in [6.07, 6.45) is 2.19. The van der Waals surface area contributed by atoms with Crippen molar-refractivity contribution in [1.29, 1.82) is 0 Å². The summed E-state index contributed by atoms with van der Waals surface area (Å²) in [5.41, 5.74) is 1.88. The van der Waals surface area contributed by atoms with Crippen LogP contribution >= 0.6 is 11.6 Å². The molecule has 0 N–H and O–H groups in total. The number of carbonyl (C=O) groups is 2. The largest absolute Gasteiger partial charge is 0.469 e. The lowest BCUT2D eigenvalue weighted by atomic mass is 9.80. The first-order valence-corrected chi connectivity index (χ1v) is 10.1. The molecule has 2 aromatic carbocycles. The lowest BCUT2D eigenvalue weighted by Gasteiger charge is -2.37. The summed E-state index contributed by atoms with van der Waals surface area (Å²) >= 11 is 6.00. The highest BCUT2D eigenvalue weighted by Crippen LogP contribution is 2.34. The number of benzene rings is 2. The molecule has 2 unspecified atom stereocenters. The molecule has 1 aliphatic heterocycles. The van der Waals surface area contributed by atoms with Crippen molar-refractivity contribution in [3.8, 4) is 0 Å². The number of rotatable bonds is 7. The molecule has 1 fully saturated rings. The summed E-state index contributed by atoms with van der Waals surface area (Å²) in [6, 6.07) is 17.1. The van der Waals surface area contributed by atoms with E-state index in [9.17, 15) is 9.59 Å². The summed E-state index contributed by atoms with van der Waals surface area (Å²) in [5, 5.41) is 0.693. The minimum atomic E-state index is -0.204. The molecule has 148 valence electrons. The maximum Gasteiger partial charge on any atom is 0.310 e. The van der Waals surface area contributed by atoms with Gasteiger partial charge < -0.3 is 9.64 Å². The molecule has 0 radical (unpaired) electrons. The average Bonchev–Trinajstić information content (AvgIpc) is 2.74. The summed E-state index contributed by atoms with van der Waals surface area (Å²) < 4.78 is 5.07. The first-order valence-electron chi connectivity index (χ1n) is 9.72. The van der Waals surface area contributed by atoms with Gasteiger partial charge in [0.2, 0.25) is 0 Å². The molecule has 4 nitrogen and oxygen atoms in total. The Kier molecular flexibility index (Phi) is 7.24. The third-order valence-electron chi connectivity index (χ3n) is 5.47. The van der Waals surface area contributed by atoms with Gasteiger partial charge in [-0.05, 0) is 49.5 Å². The van der Waals surface area contributed by atoms with Crippen LogP contribution in [0.2, 0.25) is 5.02 Å². The molecule has 0 amide bonds. The molecule has 0 saturated carbocycles. The van der Waals surface area contributed by atoms with Crippen molar-refractivity contribution >= 4 is 23.4 Å². The number of hydrogen-bond acceptors (Lipinski definition) is 4. The van der Waals surface area contributed by atoms with Gasteiger partial charge in [0.15, 0.2) is 5.78 Å². The Labute approximate surface area is 171 Å². The van der Waals surface area contributed by atoms with Crippen molar-refractivity contribution in [1.82, 2.24) is 4.90 Å². The number of ketones is 1. The molecule has 2 aromatic rings. The zero-order valence-corrected chi connectivity index (χ0v) is 16.9. The smallest absolute Gasteiger partial charge is 0.310 e. The number of ether oxygens (including phenoxy) is 1. The van der Waals surface area contributed by atoms with Gasteiger partial charge in [0.25, 0.3) is 0 Å². The van der Waals surface area contributed by atoms with Crippen molar-refractivity contribution < 1.29 is 14.3 Å². The second kappa shape index (κ2) is 9.85. The number of methoxy groups -OCH3 is 1. The Morgan fingerprint density at radius 2 is 1.82 bits per heavy atom. The van der Waals surface area contributed by atoms with Crippen LogP contribution in [0.4, 0.5) is 0 Å². The van der Waals surface area contributed by atoms with Gasteiger partial charge in [-0.3, -0.25) is 9.59 Å². The molecule has 28 heavy (non-hydrogen) atoms. The Balaban J connectivity index is 1.57. The molecule has 1 aliphatic rings. The number of carbonyl (C=O) groups excluding carboxylic acids is 2. The van der Waals surface area contributed by atoms with E-state index in [1.807, 2.05) is 54.6 Å². The van der Waals surface area contributed by atoms with Crippen LogP contribution in [-0.2, 0) is 9.53 Å². The van der Waals surface area contributed by atoms with Gasteiger partial charge >= 0.3 is 5.97 Å². The molecule has 1 saturated heterocycles. The highest BCUT2D eigenvalue weighted by atomic mass is 35.5. The Bertz CT molecular complexity index is 791. The van der Waals surface area contributed by atoms with Gasteiger partial charge in [0, 0.05) is 23.6 Å². The van der Waals surface area contributed by atoms with E-state index >= 15 is 0 Å². The van der Waals surface area contributed by atoms with Crippen LogP contribution in [0.5, 0.6) is 0 Å². The molecule has 2 atom stereocenters. The first-order chi connectivity index (χ1) is 13.6. The van der Waals surface area contributed by atoms with Gasteiger partial charge in [-0.2, -0.15) is 0 Å². The van der Waals surface area contributed by atoms with Crippen LogP contribution in [-0.4, -0.2) is 43.4 Å². The van der Waals surface area contributed by atoms with E-state index in [2.05, 4.69) is 4.90 Å². The van der Waals surface area contributed by atoms with Gasteiger partial charge in [-0.1, -0.05) is 54.1 Å². The van der Waals surface area contributed by atoms with E-state index in [1.165, 1.54) is 7.11 Å². The van der Waals surface area contributed by atoms with Crippen LogP contribution in [0, 0.1) is 5.92 Å². The predicted molar refractivity (Wildman–Crippen MR) is 111 cm³/mol. The standard InChI is InChI=1S/C23H26ClNO3/c1-28-23(27)21-16-25(14-5-8-22(26)18-6-3-2-4-7-18)15-13-20(21)17-9-11-19(24)12-10-17/h2-4,6-7,9-12,20-21H,5,8,13-16H2,1H3. The zero-order valence-electron chi connectivity index (χ0n) is 16.1. The minimum Gasteiger partial charge on any atom is -0.469 e.